The third-order valence-corrected chi connectivity index (χ3v) is 2.71. The normalized spacial score (nSPS) is 11.9. The van der Waals surface area contributed by atoms with Gasteiger partial charge >= 0.3 is 0 Å². The molecule has 0 bridgehead atoms. The van der Waals surface area contributed by atoms with Gasteiger partial charge in [0.05, 0.1) is 17.9 Å². The van der Waals surface area contributed by atoms with E-state index >= 15 is 0 Å². The number of ether oxygens (including phenoxy) is 1. The first-order valence-electron chi connectivity index (χ1n) is 6.41. The fourth-order valence-corrected chi connectivity index (χ4v) is 1.72. The molecule has 1 heterocycles. The maximum atomic E-state index is 5.80. The van der Waals surface area contributed by atoms with Gasteiger partial charge in [0.25, 0.3) is 0 Å². The van der Waals surface area contributed by atoms with E-state index in [2.05, 4.69) is 15.3 Å². The van der Waals surface area contributed by atoms with E-state index in [1.807, 2.05) is 51.1 Å². The molecule has 0 aliphatic heterocycles. The molecule has 0 aliphatic carbocycles. The van der Waals surface area contributed by atoms with Gasteiger partial charge in [0.15, 0.2) is 0 Å². The highest BCUT2D eigenvalue weighted by molar-refractivity contribution is 5.39. The number of aromatic nitrogens is 2. The van der Waals surface area contributed by atoms with Crippen molar-refractivity contribution in [3.8, 4) is 5.75 Å². The summed E-state index contributed by atoms with van der Waals surface area (Å²) in [6, 6.07) is 9.81. The summed E-state index contributed by atoms with van der Waals surface area (Å²) >= 11 is 0. The smallest absolute Gasteiger partial charge is 0.147 e. The minimum absolute atomic E-state index is 0.0594. The summed E-state index contributed by atoms with van der Waals surface area (Å²) in [6.45, 7) is 6.59. The van der Waals surface area contributed by atoms with Gasteiger partial charge in [0.1, 0.15) is 17.7 Å². The number of nitrogens with one attached hydrogen (secondary N) is 1. The molecule has 0 spiro atoms. The molecule has 0 aliphatic rings. The van der Waals surface area contributed by atoms with Gasteiger partial charge in [-0.25, -0.2) is 4.98 Å². The van der Waals surface area contributed by atoms with Crippen molar-refractivity contribution in [2.45, 2.75) is 26.9 Å². The molecule has 1 aromatic heterocycles. The molecule has 1 aromatic carbocycles. The van der Waals surface area contributed by atoms with Gasteiger partial charge in [-0.3, -0.25) is 4.98 Å². The number of benzene rings is 1. The molecule has 0 fully saturated rings. The summed E-state index contributed by atoms with van der Waals surface area (Å²) in [5, 5.41) is 3.28. The number of anilines is 1. The van der Waals surface area contributed by atoms with Crippen LogP contribution >= 0.6 is 0 Å². The Hall–Kier alpha value is -2.10. The SMILES string of the molecule is Cc1cnc(C)c(NCC(C)Oc2ccccc2)n1. The molecule has 0 radical (unpaired) electrons. The quantitative estimate of drug-likeness (QED) is 0.894. The molecule has 0 saturated carbocycles. The summed E-state index contributed by atoms with van der Waals surface area (Å²) < 4.78 is 5.80. The summed E-state index contributed by atoms with van der Waals surface area (Å²) in [7, 11) is 0. The van der Waals surface area contributed by atoms with Crippen LogP contribution in [0, 0.1) is 13.8 Å². The van der Waals surface area contributed by atoms with Gasteiger partial charge in [-0.05, 0) is 32.9 Å². The van der Waals surface area contributed by atoms with Crippen LogP contribution in [0.4, 0.5) is 5.82 Å². The van der Waals surface area contributed by atoms with Crippen LogP contribution in [0.1, 0.15) is 18.3 Å². The zero-order chi connectivity index (χ0) is 13.7. The lowest BCUT2D eigenvalue weighted by atomic mass is 10.3. The van der Waals surface area contributed by atoms with Crippen LogP contribution in [-0.4, -0.2) is 22.6 Å². The van der Waals surface area contributed by atoms with E-state index < -0.39 is 0 Å². The first-order valence-corrected chi connectivity index (χ1v) is 6.41. The van der Waals surface area contributed by atoms with Crippen molar-refractivity contribution >= 4 is 5.82 Å². The zero-order valence-corrected chi connectivity index (χ0v) is 11.6. The van der Waals surface area contributed by atoms with E-state index in [9.17, 15) is 0 Å². The molecule has 1 unspecified atom stereocenters. The second-order valence-corrected chi connectivity index (χ2v) is 4.57. The van der Waals surface area contributed by atoms with Crippen molar-refractivity contribution in [1.82, 2.24) is 9.97 Å². The summed E-state index contributed by atoms with van der Waals surface area (Å²) in [5.41, 5.74) is 1.81. The van der Waals surface area contributed by atoms with Crippen LogP contribution in [0.3, 0.4) is 0 Å². The number of nitrogens with zero attached hydrogens (tertiary/aromatic N) is 2. The molecule has 100 valence electrons. The Labute approximate surface area is 113 Å². The lowest BCUT2D eigenvalue weighted by Crippen LogP contribution is -2.23. The van der Waals surface area contributed by atoms with Gasteiger partial charge in [-0.15, -0.1) is 0 Å². The maximum absolute atomic E-state index is 5.80. The topological polar surface area (TPSA) is 47.0 Å². The monoisotopic (exact) mass is 257 g/mol. The van der Waals surface area contributed by atoms with Crippen molar-refractivity contribution in [3.05, 3.63) is 47.9 Å². The van der Waals surface area contributed by atoms with Crippen molar-refractivity contribution in [2.24, 2.45) is 0 Å². The molecule has 4 heteroatoms. The van der Waals surface area contributed by atoms with Crippen LogP contribution in [0.15, 0.2) is 36.5 Å². The van der Waals surface area contributed by atoms with E-state index in [0.717, 1.165) is 23.0 Å². The number of aryl methyl sites for hydroxylation is 2. The first kappa shape index (κ1) is 13.3. The second-order valence-electron chi connectivity index (χ2n) is 4.57. The van der Waals surface area contributed by atoms with Gasteiger partial charge in [0.2, 0.25) is 0 Å². The van der Waals surface area contributed by atoms with E-state index in [4.69, 9.17) is 4.74 Å². The summed E-state index contributed by atoms with van der Waals surface area (Å²) in [5.74, 6) is 1.70. The molecule has 1 atom stereocenters. The first-order chi connectivity index (χ1) is 9.15. The van der Waals surface area contributed by atoms with E-state index in [0.29, 0.717) is 6.54 Å². The Morgan fingerprint density at radius 2 is 1.95 bits per heavy atom. The number of hydrogen-bond acceptors (Lipinski definition) is 4. The van der Waals surface area contributed by atoms with Crippen molar-refractivity contribution < 1.29 is 4.74 Å². The predicted molar refractivity (Wildman–Crippen MR) is 76.5 cm³/mol. The Bertz CT molecular complexity index is 528. The lowest BCUT2D eigenvalue weighted by Gasteiger charge is -2.16. The third kappa shape index (κ3) is 3.95. The number of hydrogen-bond donors (Lipinski definition) is 1. The lowest BCUT2D eigenvalue weighted by molar-refractivity contribution is 0.234. The molecular formula is C15H19N3O. The van der Waals surface area contributed by atoms with Crippen LogP contribution in [0.2, 0.25) is 0 Å². The average molecular weight is 257 g/mol. The van der Waals surface area contributed by atoms with Crippen LogP contribution in [0.25, 0.3) is 0 Å². The Morgan fingerprint density at radius 1 is 1.21 bits per heavy atom. The zero-order valence-electron chi connectivity index (χ0n) is 11.6. The highest BCUT2D eigenvalue weighted by Gasteiger charge is 2.06. The van der Waals surface area contributed by atoms with Crippen molar-refractivity contribution in [2.75, 3.05) is 11.9 Å². The molecule has 19 heavy (non-hydrogen) atoms. The van der Waals surface area contributed by atoms with E-state index in [1.54, 1.807) is 6.20 Å². The maximum Gasteiger partial charge on any atom is 0.147 e. The predicted octanol–water partition coefficient (Wildman–Crippen LogP) is 2.97. The highest BCUT2D eigenvalue weighted by atomic mass is 16.5. The largest absolute Gasteiger partial charge is 0.489 e. The van der Waals surface area contributed by atoms with Gasteiger partial charge < -0.3 is 10.1 Å². The second kappa shape index (κ2) is 6.18. The van der Waals surface area contributed by atoms with Crippen LogP contribution < -0.4 is 10.1 Å². The minimum Gasteiger partial charge on any atom is -0.489 e. The standard InChI is InChI=1S/C15H19N3O/c1-11-9-16-13(3)15(18-11)17-10-12(2)19-14-7-5-4-6-8-14/h4-9,12H,10H2,1-3H3,(H,17,18). The number of para-hydroxylation sites is 1. The Kier molecular flexibility index (Phi) is 4.34. The highest BCUT2D eigenvalue weighted by Crippen LogP contribution is 2.12. The van der Waals surface area contributed by atoms with E-state index in [-0.39, 0.29) is 6.10 Å². The van der Waals surface area contributed by atoms with Gasteiger partial charge in [-0.1, -0.05) is 18.2 Å². The molecule has 1 N–H and O–H groups in total. The molecule has 2 aromatic rings. The summed E-state index contributed by atoms with van der Waals surface area (Å²) in [4.78, 5) is 8.70. The molecular weight excluding hydrogens is 238 g/mol. The van der Waals surface area contributed by atoms with Crippen LogP contribution in [-0.2, 0) is 0 Å². The average Bonchev–Trinajstić information content (AvgIpc) is 2.41. The van der Waals surface area contributed by atoms with Crippen LogP contribution in [0.5, 0.6) is 5.75 Å². The fraction of sp³-hybridized carbons (Fsp3) is 0.333. The third-order valence-electron chi connectivity index (χ3n) is 2.71. The molecule has 0 amide bonds. The Balaban J connectivity index is 1.90. The van der Waals surface area contributed by atoms with E-state index in [1.165, 1.54) is 0 Å². The van der Waals surface area contributed by atoms with Gasteiger partial charge in [0, 0.05) is 6.20 Å². The molecule has 4 nitrogen and oxygen atoms in total. The summed E-state index contributed by atoms with van der Waals surface area (Å²) in [6.07, 6.45) is 1.83. The van der Waals surface area contributed by atoms with Gasteiger partial charge in [-0.2, -0.15) is 0 Å². The molecule has 2 rings (SSSR count). The fourth-order valence-electron chi connectivity index (χ4n) is 1.72. The minimum atomic E-state index is 0.0594. The Morgan fingerprint density at radius 3 is 2.68 bits per heavy atom. The van der Waals surface area contributed by atoms with Crippen molar-refractivity contribution in [3.63, 3.8) is 0 Å². The van der Waals surface area contributed by atoms with Crippen molar-refractivity contribution in [1.29, 1.82) is 0 Å². The number of rotatable bonds is 5. The molecule has 0 saturated heterocycles.